The molecule has 0 amide bonds. The van der Waals surface area contributed by atoms with Gasteiger partial charge in [0.2, 0.25) is 0 Å². The Labute approximate surface area is 138 Å². The lowest BCUT2D eigenvalue weighted by molar-refractivity contribution is 0.00767. The number of fused-ring (bicyclic) bond motifs is 5. The number of Topliss-reactive ketones (excluding diaryl/α,β-unsaturated/α-hetero) is 1. The Morgan fingerprint density at radius 3 is 2.87 bits per heavy atom. The van der Waals surface area contributed by atoms with Crippen LogP contribution in [0.25, 0.3) is 10.9 Å². The summed E-state index contributed by atoms with van der Waals surface area (Å²) in [5.74, 6) is 0.810. The molecule has 0 saturated carbocycles. The fraction of sp³-hybridized carbons (Fsp3) is 0.550. The highest BCUT2D eigenvalue weighted by molar-refractivity contribution is 6.02. The maximum atomic E-state index is 13.0. The lowest BCUT2D eigenvalue weighted by Gasteiger charge is -2.50. The van der Waals surface area contributed by atoms with E-state index in [4.69, 9.17) is 0 Å². The molecule has 1 aliphatic heterocycles. The molecule has 1 aliphatic carbocycles. The minimum absolute atomic E-state index is 0.254. The summed E-state index contributed by atoms with van der Waals surface area (Å²) in [5, 5.41) is 1.23. The van der Waals surface area contributed by atoms with Gasteiger partial charge in [0.05, 0.1) is 5.69 Å². The molecule has 122 valence electrons. The van der Waals surface area contributed by atoms with Crippen LogP contribution in [0.4, 0.5) is 0 Å². The molecule has 2 bridgehead atoms. The predicted octanol–water partition coefficient (Wildman–Crippen LogP) is 4.03. The molecular formula is C20H26N2O. The van der Waals surface area contributed by atoms with Crippen LogP contribution in [0.3, 0.4) is 0 Å². The monoisotopic (exact) mass is 310 g/mol. The van der Waals surface area contributed by atoms with Gasteiger partial charge in [-0.15, -0.1) is 0 Å². The zero-order valence-corrected chi connectivity index (χ0v) is 14.4. The molecule has 0 radical (unpaired) electrons. The van der Waals surface area contributed by atoms with E-state index in [9.17, 15) is 4.79 Å². The maximum Gasteiger partial charge on any atom is 0.179 e. The number of carbonyl (C=O) groups is 1. The number of nitrogens with one attached hydrogen (secondary N) is 1. The minimum atomic E-state index is 0.254. The lowest BCUT2D eigenvalue weighted by Crippen LogP contribution is -2.52. The number of piperidine rings is 1. The molecule has 1 N–H and O–H groups in total. The highest BCUT2D eigenvalue weighted by atomic mass is 16.1. The Hall–Kier alpha value is -1.61. The van der Waals surface area contributed by atoms with Crippen LogP contribution < -0.4 is 0 Å². The Balaban J connectivity index is 1.83. The third kappa shape index (κ3) is 2.25. The number of likely N-dealkylation sites (tertiary alicyclic amines) is 1. The van der Waals surface area contributed by atoms with Crippen LogP contribution in [0.1, 0.15) is 49.2 Å². The molecular weight excluding hydrogens is 284 g/mol. The van der Waals surface area contributed by atoms with E-state index >= 15 is 0 Å². The van der Waals surface area contributed by atoms with Crippen molar-refractivity contribution in [2.75, 3.05) is 13.6 Å². The number of rotatable bonds is 1. The minimum Gasteiger partial charge on any atom is -0.352 e. The molecule has 1 saturated heterocycles. The molecule has 4 rings (SSSR count). The van der Waals surface area contributed by atoms with Crippen molar-refractivity contribution >= 4 is 16.7 Å². The summed E-state index contributed by atoms with van der Waals surface area (Å²) in [7, 11) is 2.26. The molecule has 2 heterocycles. The lowest BCUT2D eigenvalue weighted by atomic mass is 9.65. The van der Waals surface area contributed by atoms with Gasteiger partial charge in [0.1, 0.15) is 0 Å². The van der Waals surface area contributed by atoms with Crippen molar-refractivity contribution in [3.05, 3.63) is 35.5 Å². The first kappa shape index (κ1) is 14.9. The molecule has 2 aromatic rings. The third-order valence-electron chi connectivity index (χ3n) is 6.55. The fourth-order valence-electron chi connectivity index (χ4n) is 4.80. The van der Waals surface area contributed by atoms with Gasteiger partial charge in [-0.2, -0.15) is 0 Å². The van der Waals surface area contributed by atoms with E-state index in [1.165, 1.54) is 10.9 Å². The summed E-state index contributed by atoms with van der Waals surface area (Å²) >= 11 is 0. The Bertz CT molecular complexity index is 762. The molecule has 1 aromatic heterocycles. The number of para-hydroxylation sites is 1. The Morgan fingerprint density at radius 1 is 1.30 bits per heavy atom. The topological polar surface area (TPSA) is 36.1 Å². The average molecular weight is 310 g/mol. The largest absolute Gasteiger partial charge is 0.352 e. The second kappa shape index (κ2) is 5.20. The van der Waals surface area contributed by atoms with Gasteiger partial charge in [-0.1, -0.05) is 32.0 Å². The molecule has 3 heteroatoms. The SMILES string of the molecule is CC[C@@]1(C)CN(C)[C@@H]2Cc3c([nH]c4ccccc34)C(=O)C[C@H]1C2. The normalized spacial score (nSPS) is 31.7. The number of nitrogens with zero attached hydrogens (tertiary/aromatic N) is 1. The molecule has 1 aromatic carbocycles. The van der Waals surface area contributed by atoms with Gasteiger partial charge in [-0.25, -0.2) is 0 Å². The van der Waals surface area contributed by atoms with Crippen molar-refractivity contribution in [1.82, 2.24) is 9.88 Å². The summed E-state index contributed by atoms with van der Waals surface area (Å²) in [4.78, 5) is 18.9. The number of ketones is 1. The Morgan fingerprint density at radius 2 is 2.09 bits per heavy atom. The third-order valence-corrected chi connectivity index (χ3v) is 6.55. The summed E-state index contributed by atoms with van der Waals surface area (Å²) in [5.41, 5.74) is 3.46. The quantitative estimate of drug-likeness (QED) is 0.863. The van der Waals surface area contributed by atoms with Crippen LogP contribution in [0, 0.1) is 11.3 Å². The highest BCUT2D eigenvalue weighted by Crippen LogP contribution is 2.45. The second-order valence-corrected chi connectivity index (χ2v) is 7.86. The number of hydrogen-bond donors (Lipinski definition) is 1. The van der Waals surface area contributed by atoms with Gasteiger partial charge in [0.15, 0.2) is 5.78 Å². The fourth-order valence-corrected chi connectivity index (χ4v) is 4.80. The first-order valence-electron chi connectivity index (χ1n) is 8.85. The van der Waals surface area contributed by atoms with E-state index in [2.05, 4.69) is 49.0 Å². The zero-order chi connectivity index (χ0) is 16.2. The second-order valence-electron chi connectivity index (χ2n) is 7.86. The number of likely N-dealkylation sites (N-methyl/N-ethyl adjacent to an activating group) is 1. The van der Waals surface area contributed by atoms with Gasteiger partial charge < -0.3 is 9.88 Å². The first-order valence-corrected chi connectivity index (χ1v) is 8.85. The smallest absolute Gasteiger partial charge is 0.179 e. The number of H-pyrrole nitrogens is 1. The van der Waals surface area contributed by atoms with E-state index in [1.54, 1.807) is 0 Å². The number of aromatic nitrogens is 1. The van der Waals surface area contributed by atoms with Gasteiger partial charge in [-0.05, 0) is 49.3 Å². The first-order chi connectivity index (χ1) is 11.0. The van der Waals surface area contributed by atoms with E-state index in [-0.39, 0.29) is 5.41 Å². The van der Waals surface area contributed by atoms with Gasteiger partial charge in [-0.3, -0.25) is 4.79 Å². The van der Waals surface area contributed by atoms with Crippen molar-refractivity contribution in [3.63, 3.8) is 0 Å². The summed E-state index contributed by atoms with van der Waals surface area (Å²) in [6.45, 7) is 5.74. The summed E-state index contributed by atoms with van der Waals surface area (Å²) in [6, 6.07) is 8.89. The molecule has 0 spiro atoms. The van der Waals surface area contributed by atoms with E-state index < -0.39 is 0 Å². The molecule has 2 aliphatic rings. The van der Waals surface area contributed by atoms with Gasteiger partial charge >= 0.3 is 0 Å². The van der Waals surface area contributed by atoms with Crippen LogP contribution in [0.2, 0.25) is 0 Å². The zero-order valence-electron chi connectivity index (χ0n) is 14.4. The number of aromatic amines is 1. The number of benzene rings is 1. The summed E-state index contributed by atoms with van der Waals surface area (Å²) in [6.07, 6.45) is 3.96. The standard InChI is InChI=1S/C20H26N2O/c1-4-20(2)12-22(3)14-9-13(20)10-18(23)19-16(11-14)15-7-5-6-8-17(15)21-19/h5-8,13-14,21H,4,9-12H2,1-3H3/t13-,14+,20+/m1/s1. The number of carbonyl (C=O) groups excluding carboxylic acids is 1. The molecule has 3 atom stereocenters. The predicted molar refractivity (Wildman–Crippen MR) is 93.9 cm³/mol. The van der Waals surface area contributed by atoms with Gasteiger partial charge in [0.25, 0.3) is 0 Å². The molecule has 3 nitrogen and oxygen atoms in total. The van der Waals surface area contributed by atoms with Crippen molar-refractivity contribution < 1.29 is 4.79 Å². The van der Waals surface area contributed by atoms with Crippen LogP contribution in [0.5, 0.6) is 0 Å². The average Bonchev–Trinajstić information content (AvgIpc) is 2.89. The van der Waals surface area contributed by atoms with Crippen LogP contribution in [-0.4, -0.2) is 35.3 Å². The van der Waals surface area contributed by atoms with Crippen molar-refractivity contribution in [1.29, 1.82) is 0 Å². The van der Waals surface area contributed by atoms with Crippen molar-refractivity contribution in [2.24, 2.45) is 11.3 Å². The summed E-state index contributed by atoms with van der Waals surface area (Å²) < 4.78 is 0. The Kier molecular flexibility index (Phi) is 3.38. The van der Waals surface area contributed by atoms with Crippen LogP contribution >= 0.6 is 0 Å². The van der Waals surface area contributed by atoms with Crippen LogP contribution in [-0.2, 0) is 6.42 Å². The van der Waals surface area contributed by atoms with Gasteiger partial charge in [0, 0.05) is 29.9 Å². The maximum absolute atomic E-state index is 13.0. The van der Waals surface area contributed by atoms with Crippen LogP contribution in [0.15, 0.2) is 24.3 Å². The number of hydrogen-bond acceptors (Lipinski definition) is 2. The highest BCUT2D eigenvalue weighted by Gasteiger charge is 2.44. The van der Waals surface area contributed by atoms with E-state index in [1.807, 2.05) is 6.07 Å². The van der Waals surface area contributed by atoms with E-state index in [0.717, 1.165) is 37.0 Å². The van der Waals surface area contributed by atoms with Crippen molar-refractivity contribution in [3.8, 4) is 0 Å². The molecule has 1 fully saturated rings. The van der Waals surface area contributed by atoms with Crippen molar-refractivity contribution in [2.45, 2.75) is 45.6 Å². The molecule has 23 heavy (non-hydrogen) atoms. The molecule has 0 unspecified atom stereocenters. The van der Waals surface area contributed by atoms with E-state index in [0.29, 0.717) is 24.2 Å².